The number of carbonyl (C=O) groups is 1. The predicted octanol–water partition coefficient (Wildman–Crippen LogP) is 2.23. The molecule has 0 heterocycles. The fraction of sp³-hybridized carbons (Fsp3) is 0.462. The van der Waals surface area contributed by atoms with Gasteiger partial charge in [-0.2, -0.15) is 0 Å². The van der Waals surface area contributed by atoms with E-state index in [1.807, 2.05) is 37.4 Å². The van der Waals surface area contributed by atoms with E-state index in [0.29, 0.717) is 0 Å². The van der Waals surface area contributed by atoms with Crippen LogP contribution in [0.25, 0.3) is 0 Å². The zero-order valence-electron chi connectivity index (χ0n) is 10.2. The first-order chi connectivity index (χ1) is 7.84. The molecule has 0 spiro atoms. The van der Waals surface area contributed by atoms with Crippen LogP contribution >= 0.6 is 12.4 Å². The number of hydrogen-bond donors (Lipinski definition) is 2. The molecule has 1 amide bonds. The van der Waals surface area contributed by atoms with Gasteiger partial charge in [-0.3, -0.25) is 4.79 Å². The van der Waals surface area contributed by atoms with Crippen molar-refractivity contribution in [1.29, 1.82) is 0 Å². The molecule has 1 aromatic carbocycles. The molecule has 4 heteroatoms. The van der Waals surface area contributed by atoms with E-state index in [-0.39, 0.29) is 18.3 Å². The summed E-state index contributed by atoms with van der Waals surface area (Å²) in [5.41, 5.74) is 0.734. The van der Waals surface area contributed by atoms with Crippen molar-refractivity contribution in [1.82, 2.24) is 10.6 Å². The SMILES string of the molecule is CNCCCCCNC(=O)c1ccccc1.Cl. The van der Waals surface area contributed by atoms with Crippen LogP contribution in [0.1, 0.15) is 29.6 Å². The molecule has 1 aromatic rings. The van der Waals surface area contributed by atoms with Crippen LogP contribution in [-0.4, -0.2) is 26.0 Å². The molecule has 0 bridgehead atoms. The van der Waals surface area contributed by atoms with Crippen LogP contribution in [0.15, 0.2) is 30.3 Å². The number of rotatable bonds is 7. The normalized spacial score (nSPS) is 9.47. The first-order valence-corrected chi connectivity index (χ1v) is 5.82. The van der Waals surface area contributed by atoms with Gasteiger partial charge in [-0.1, -0.05) is 24.6 Å². The molecule has 0 unspecified atom stereocenters. The smallest absolute Gasteiger partial charge is 0.251 e. The minimum Gasteiger partial charge on any atom is -0.352 e. The standard InChI is InChI=1S/C13H20N2O.ClH/c1-14-10-6-3-7-11-15-13(16)12-8-4-2-5-9-12;/h2,4-5,8-9,14H,3,6-7,10-11H2,1H3,(H,15,16);1H. The number of nitrogens with one attached hydrogen (secondary N) is 2. The van der Waals surface area contributed by atoms with Crippen LogP contribution < -0.4 is 10.6 Å². The molecule has 0 aromatic heterocycles. The highest BCUT2D eigenvalue weighted by molar-refractivity contribution is 5.94. The molecule has 3 nitrogen and oxygen atoms in total. The molecule has 0 aliphatic rings. The van der Waals surface area contributed by atoms with Crippen LogP contribution in [0.3, 0.4) is 0 Å². The van der Waals surface area contributed by atoms with Crippen LogP contribution in [0.4, 0.5) is 0 Å². The Balaban J connectivity index is 0.00000256. The van der Waals surface area contributed by atoms with Gasteiger partial charge in [0.25, 0.3) is 5.91 Å². The van der Waals surface area contributed by atoms with E-state index in [1.54, 1.807) is 0 Å². The Morgan fingerprint density at radius 1 is 1.06 bits per heavy atom. The Morgan fingerprint density at radius 2 is 1.71 bits per heavy atom. The number of unbranched alkanes of at least 4 members (excludes halogenated alkanes) is 2. The minimum atomic E-state index is 0. The number of amides is 1. The summed E-state index contributed by atoms with van der Waals surface area (Å²) < 4.78 is 0. The van der Waals surface area contributed by atoms with Crippen LogP contribution in [-0.2, 0) is 0 Å². The molecule has 0 fully saturated rings. The van der Waals surface area contributed by atoms with E-state index in [2.05, 4.69) is 10.6 Å². The third-order valence-electron chi connectivity index (χ3n) is 2.43. The molecule has 0 aliphatic carbocycles. The Bertz CT molecular complexity index is 304. The zero-order chi connectivity index (χ0) is 11.6. The lowest BCUT2D eigenvalue weighted by atomic mass is 10.2. The van der Waals surface area contributed by atoms with E-state index in [0.717, 1.165) is 37.9 Å². The second kappa shape index (κ2) is 10.1. The fourth-order valence-corrected chi connectivity index (χ4v) is 1.50. The molecule has 17 heavy (non-hydrogen) atoms. The maximum absolute atomic E-state index is 11.6. The lowest BCUT2D eigenvalue weighted by molar-refractivity contribution is 0.0953. The number of benzene rings is 1. The van der Waals surface area contributed by atoms with Crippen molar-refractivity contribution >= 4 is 18.3 Å². The van der Waals surface area contributed by atoms with Gasteiger partial charge in [-0.25, -0.2) is 0 Å². The summed E-state index contributed by atoms with van der Waals surface area (Å²) in [6.07, 6.45) is 3.36. The third-order valence-corrected chi connectivity index (χ3v) is 2.43. The lowest BCUT2D eigenvalue weighted by Crippen LogP contribution is -2.24. The molecule has 0 saturated heterocycles. The Labute approximate surface area is 109 Å². The Hall–Kier alpha value is -1.06. The molecule has 0 saturated carbocycles. The van der Waals surface area contributed by atoms with Crippen LogP contribution in [0.2, 0.25) is 0 Å². The van der Waals surface area contributed by atoms with Crippen molar-refractivity contribution in [3.63, 3.8) is 0 Å². The van der Waals surface area contributed by atoms with Crippen molar-refractivity contribution < 1.29 is 4.79 Å². The van der Waals surface area contributed by atoms with Gasteiger partial charge >= 0.3 is 0 Å². The Kier molecular flexibility index (Phi) is 9.49. The van der Waals surface area contributed by atoms with Gasteiger partial charge in [0.05, 0.1) is 0 Å². The molecular weight excluding hydrogens is 236 g/mol. The van der Waals surface area contributed by atoms with E-state index >= 15 is 0 Å². The minimum absolute atomic E-state index is 0. The van der Waals surface area contributed by atoms with Gasteiger partial charge in [0.1, 0.15) is 0 Å². The highest BCUT2D eigenvalue weighted by atomic mass is 35.5. The summed E-state index contributed by atoms with van der Waals surface area (Å²) in [7, 11) is 1.96. The summed E-state index contributed by atoms with van der Waals surface area (Å²) in [5.74, 6) is 0.0224. The maximum atomic E-state index is 11.6. The van der Waals surface area contributed by atoms with Gasteiger partial charge < -0.3 is 10.6 Å². The van der Waals surface area contributed by atoms with Crippen molar-refractivity contribution in [2.45, 2.75) is 19.3 Å². The summed E-state index contributed by atoms with van der Waals surface area (Å²) in [4.78, 5) is 11.6. The van der Waals surface area contributed by atoms with Crippen LogP contribution in [0, 0.1) is 0 Å². The Morgan fingerprint density at radius 3 is 2.35 bits per heavy atom. The highest BCUT2D eigenvalue weighted by Crippen LogP contribution is 1.98. The van der Waals surface area contributed by atoms with Crippen LogP contribution in [0.5, 0.6) is 0 Å². The van der Waals surface area contributed by atoms with Crippen molar-refractivity contribution in [2.75, 3.05) is 20.1 Å². The van der Waals surface area contributed by atoms with Crippen molar-refractivity contribution in [3.8, 4) is 0 Å². The molecule has 2 N–H and O–H groups in total. The number of carbonyl (C=O) groups excluding carboxylic acids is 1. The van der Waals surface area contributed by atoms with Crippen molar-refractivity contribution in [2.24, 2.45) is 0 Å². The first kappa shape index (κ1) is 15.9. The molecule has 0 aliphatic heterocycles. The monoisotopic (exact) mass is 256 g/mol. The molecule has 0 radical (unpaired) electrons. The van der Waals surface area contributed by atoms with Gasteiger partial charge in [-0.05, 0) is 38.6 Å². The second-order valence-corrected chi connectivity index (χ2v) is 3.79. The summed E-state index contributed by atoms with van der Waals surface area (Å²) in [5, 5.41) is 6.02. The van der Waals surface area contributed by atoms with Gasteiger partial charge in [0.15, 0.2) is 0 Å². The predicted molar refractivity (Wildman–Crippen MR) is 73.8 cm³/mol. The van der Waals surface area contributed by atoms with Gasteiger partial charge in [-0.15, -0.1) is 12.4 Å². The average Bonchev–Trinajstić information content (AvgIpc) is 2.34. The summed E-state index contributed by atoms with van der Waals surface area (Å²) >= 11 is 0. The summed E-state index contributed by atoms with van der Waals surface area (Å²) in [6.45, 7) is 1.81. The van der Waals surface area contributed by atoms with Gasteiger partial charge in [0, 0.05) is 12.1 Å². The molecule has 0 atom stereocenters. The first-order valence-electron chi connectivity index (χ1n) is 5.82. The third kappa shape index (κ3) is 6.97. The van der Waals surface area contributed by atoms with E-state index in [9.17, 15) is 4.79 Å². The average molecular weight is 257 g/mol. The number of hydrogen-bond acceptors (Lipinski definition) is 2. The second-order valence-electron chi connectivity index (χ2n) is 3.79. The molecular formula is C13H21ClN2O. The van der Waals surface area contributed by atoms with Gasteiger partial charge in [0.2, 0.25) is 0 Å². The number of halogens is 1. The fourth-order valence-electron chi connectivity index (χ4n) is 1.50. The quantitative estimate of drug-likeness (QED) is 0.735. The zero-order valence-corrected chi connectivity index (χ0v) is 11.1. The molecule has 1 rings (SSSR count). The van der Waals surface area contributed by atoms with E-state index < -0.39 is 0 Å². The topological polar surface area (TPSA) is 41.1 Å². The van der Waals surface area contributed by atoms with E-state index in [4.69, 9.17) is 0 Å². The summed E-state index contributed by atoms with van der Waals surface area (Å²) in [6, 6.07) is 9.32. The highest BCUT2D eigenvalue weighted by Gasteiger charge is 2.02. The largest absolute Gasteiger partial charge is 0.352 e. The van der Waals surface area contributed by atoms with E-state index in [1.165, 1.54) is 0 Å². The lowest BCUT2D eigenvalue weighted by Gasteiger charge is -2.04. The van der Waals surface area contributed by atoms with Crippen molar-refractivity contribution in [3.05, 3.63) is 35.9 Å². The maximum Gasteiger partial charge on any atom is 0.251 e. The molecule has 96 valence electrons.